The van der Waals surface area contributed by atoms with Gasteiger partial charge in [0.15, 0.2) is 29.4 Å². The number of allylic oxidation sites excluding steroid dienone is 7. The van der Waals surface area contributed by atoms with Gasteiger partial charge in [0.1, 0.15) is 32.1 Å². The van der Waals surface area contributed by atoms with Crippen LogP contribution in [-0.4, -0.2) is 67.7 Å². The molecule has 0 aliphatic heterocycles. The quantitative estimate of drug-likeness (QED) is 0.0331. The minimum atomic E-state index is -7.90. The number of rotatable bonds is 20. The Labute approximate surface area is 259 Å². The first kappa shape index (κ1) is 45.3. The van der Waals surface area contributed by atoms with Gasteiger partial charge in [-0.15, -0.1) is 0 Å². The summed E-state index contributed by atoms with van der Waals surface area (Å²) in [5.41, 5.74) is 0. The van der Waals surface area contributed by atoms with Crippen LogP contribution in [0, 0.1) is 0 Å². The van der Waals surface area contributed by atoms with E-state index in [1.54, 1.807) is 0 Å². The summed E-state index contributed by atoms with van der Waals surface area (Å²) in [6.07, 6.45) is -17.8. The third kappa shape index (κ3) is 11.4. The molecule has 0 spiro atoms. The lowest BCUT2D eigenvalue weighted by molar-refractivity contribution is -0.508. The standard InChI is InChI=1S/C23H17F19O7/c1-2-46-49-47-10(9-45-6-4-43)8-44-5-3-19(33,22(37,38)39)48-20(34,21(35,36)23(40,41)42)18(32)17(31)16(30)15(29)14(28)13(27)12(26)11(25)7-24/h2,4,6,10,43H,1,3,5,7-9H2/b6-4-,12-11+,14-13+,16-15+,18-17+. The minimum Gasteiger partial charge on any atom is -0.512 e. The molecule has 0 rings (SSSR count). The van der Waals surface area contributed by atoms with Gasteiger partial charge in [0, 0.05) is 6.42 Å². The maximum Gasteiger partial charge on any atom is 0.460 e. The highest BCUT2D eigenvalue weighted by Gasteiger charge is 2.79. The van der Waals surface area contributed by atoms with Gasteiger partial charge >= 0.3 is 30.0 Å². The second kappa shape index (κ2) is 18.4. The highest BCUT2D eigenvalue weighted by molar-refractivity contribution is 5.40. The molecule has 0 aromatic heterocycles. The number of halogens is 19. The van der Waals surface area contributed by atoms with Gasteiger partial charge in [-0.3, -0.25) is 4.74 Å². The molecule has 49 heavy (non-hydrogen) atoms. The van der Waals surface area contributed by atoms with Crippen molar-refractivity contribution in [2.45, 2.75) is 42.5 Å². The van der Waals surface area contributed by atoms with Crippen LogP contribution in [0.15, 0.2) is 72.0 Å². The maximum absolute atomic E-state index is 15.1. The van der Waals surface area contributed by atoms with E-state index in [-0.39, 0.29) is 6.26 Å². The van der Waals surface area contributed by atoms with Crippen LogP contribution in [-0.2, 0) is 29.0 Å². The van der Waals surface area contributed by atoms with Crippen LogP contribution < -0.4 is 0 Å². The fraction of sp³-hybridized carbons (Fsp3) is 0.478. The number of hydrogen-bond acceptors (Lipinski definition) is 7. The molecule has 7 nitrogen and oxygen atoms in total. The van der Waals surface area contributed by atoms with Gasteiger partial charge < -0.3 is 19.5 Å². The molecule has 3 unspecified atom stereocenters. The summed E-state index contributed by atoms with van der Waals surface area (Å²) < 4.78 is 270. The zero-order valence-electron chi connectivity index (χ0n) is 23.1. The maximum atomic E-state index is 15.1. The molecule has 0 saturated carbocycles. The first-order valence-corrected chi connectivity index (χ1v) is 11.8. The number of aliphatic hydroxyl groups excluding tert-OH is 1. The molecule has 3 atom stereocenters. The number of aliphatic hydroxyl groups is 1. The van der Waals surface area contributed by atoms with E-state index in [1.807, 2.05) is 0 Å². The van der Waals surface area contributed by atoms with Crippen LogP contribution in [0.1, 0.15) is 6.42 Å². The smallest absolute Gasteiger partial charge is 0.460 e. The third-order valence-corrected chi connectivity index (χ3v) is 4.87. The molecule has 0 aliphatic rings. The van der Waals surface area contributed by atoms with Gasteiger partial charge in [0.05, 0.1) is 13.2 Å². The molecule has 1 N–H and O–H groups in total. The Morgan fingerprint density at radius 2 is 1.22 bits per heavy atom. The van der Waals surface area contributed by atoms with Gasteiger partial charge in [-0.25, -0.2) is 43.9 Å². The van der Waals surface area contributed by atoms with E-state index < -0.39 is 116 Å². The molecular formula is C23H17F19O7. The van der Waals surface area contributed by atoms with Gasteiger partial charge in [-0.1, -0.05) is 6.58 Å². The monoisotopic (exact) mass is 766 g/mol. The Hall–Kier alpha value is -3.65. The Morgan fingerprint density at radius 1 is 0.714 bits per heavy atom. The lowest BCUT2D eigenvalue weighted by Crippen LogP contribution is -2.62. The summed E-state index contributed by atoms with van der Waals surface area (Å²) in [6, 6.07) is 0. The molecule has 0 fully saturated rings. The zero-order valence-corrected chi connectivity index (χ0v) is 23.1. The van der Waals surface area contributed by atoms with Crippen molar-refractivity contribution >= 4 is 0 Å². The van der Waals surface area contributed by atoms with E-state index in [9.17, 15) is 79.0 Å². The van der Waals surface area contributed by atoms with Crippen molar-refractivity contribution in [2.24, 2.45) is 0 Å². The fourth-order valence-electron chi connectivity index (χ4n) is 2.54. The molecule has 0 aromatic carbocycles. The summed E-state index contributed by atoms with van der Waals surface area (Å²) in [5, 5.41) is 12.4. The Kier molecular flexibility index (Phi) is 17.0. The normalized spacial score (nSPS) is 18.4. The molecule has 0 heterocycles. The molecule has 0 aromatic rings. The van der Waals surface area contributed by atoms with Crippen molar-refractivity contribution in [1.29, 1.82) is 0 Å². The van der Waals surface area contributed by atoms with E-state index >= 15 is 4.39 Å². The van der Waals surface area contributed by atoms with Crippen LogP contribution in [0.5, 0.6) is 0 Å². The summed E-state index contributed by atoms with van der Waals surface area (Å²) in [5.74, 6) is -53.3. The van der Waals surface area contributed by atoms with E-state index in [4.69, 9.17) is 5.11 Å². The van der Waals surface area contributed by atoms with Crippen molar-refractivity contribution < 1.29 is 118 Å². The largest absolute Gasteiger partial charge is 0.512 e. The average Bonchev–Trinajstić information content (AvgIpc) is 3.02. The topological polar surface area (TPSA) is 75.6 Å². The lowest BCUT2D eigenvalue weighted by atomic mass is 10.1. The van der Waals surface area contributed by atoms with Crippen molar-refractivity contribution in [3.63, 3.8) is 0 Å². The summed E-state index contributed by atoms with van der Waals surface area (Å²) in [7, 11) is 0. The summed E-state index contributed by atoms with van der Waals surface area (Å²) in [4.78, 5) is 8.41. The van der Waals surface area contributed by atoms with Crippen molar-refractivity contribution in [3.8, 4) is 0 Å². The molecular weight excluding hydrogens is 749 g/mol. The molecule has 0 bridgehead atoms. The third-order valence-electron chi connectivity index (χ3n) is 4.87. The average molecular weight is 766 g/mol. The number of ether oxygens (including phenoxy) is 3. The lowest BCUT2D eigenvalue weighted by Gasteiger charge is -2.38. The molecule has 0 aliphatic carbocycles. The van der Waals surface area contributed by atoms with Gasteiger partial charge in [0.25, 0.3) is 0 Å². The van der Waals surface area contributed by atoms with Crippen molar-refractivity contribution in [3.05, 3.63) is 72.0 Å². The van der Waals surface area contributed by atoms with E-state index in [1.165, 1.54) is 0 Å². The fourth-order valence-corrected chi connectivity index (χ4v) is 2.54. The SMILES string of the molecule is C=COOOC(CO/C=C\O)COCCC(F)(OC(F)(/C(F)=C(F)/C(F)=C(F)/C(F)=C(F)/C(F)=C(\F)CF)C(F)(F)C(F)(F)F)C(F)(F)F. The molecule has 26 heteroatoms. The first-order valence-electron chi connectivity index (χ1n) is 11.8. The van der Waals surface area contributed by atoms with Crippen molar-refractivity contribution in [1.82, 2.24) is 0 Å². The van der Waals surface area contributed by atoms with Gasteiger partial charge in [0.2, 0.25) is 23.3 Å². The Bertz CT molecular complexity index is 1270. The highest BCUT2D eigenvalue weighted by Crippen LogP contribution is 2.55. The molecule has 0 saturated heterocycles. The second-order valence-corrected chi connectivity index (χ2v) is 8.22. The zero-order chi connectivity index (χ0) is 38.6. The predicted octanol–water partition coefficient (Wildman–Crippen LogP) is 9.51. The van der Waals surface area contributed by atoms with Crippen LogP contribution in [0.4, 0.5) is 83.4 Å². The summed E-state index contributed by atoms with van der Waals surface area (Å²) in [6.45, 7) is -3.48. The number of hydrogen-bond donors (Lipinski definition) is 1. The molecule has 0 radical (unpaired) electrons. The minimum absolute atomic E-state index is 0.280. The summed E-state index contributed by atoms with van der Waals surface area (Å²) >= 11 is 0. The Morgan fingerprint density at radius 3 is 1.67 bits per heavy atom. The van der Waals surface area contributed by atoms with Crippen LogP contribution in [0.2, 0.25) is 0 Å². The first-order chi connectivity index (χ1) is 22.3. The van der Waals surface area contributed by atoms with E-state index in [0.717, 1.165) is 0 Å². The van der Waals surface area contributed by atoms with E-state index in [2.05, 4.69) is 35.6 Å². The van der Waals surface area contributed by atoms with Crippen molar-refractivity contribution in [2.75, 3.05) is 26.5 Å². The van der Waals surface area contributed by atoms with Crippen LogP contribution in [0.25, 0.3) is 0 Å². The van der Waals surface area contributed by atoms with Crippen LogP contribution >= 0.6 is 0 Å². The predicted molar refractivity (Wildman–Crippen MR) is 119 cm³/mol. The second-order valence-electron chi connectivity index (χ2n) is 8.22. The highest BCUT2D eigenvalue weighted by atomic mass is 19.4. The molecule has 284 valence electrons. The number of alkyl halides is 11. The molecule has 0 amide bonds. The Balaban J connectivity index is 6.96. The van der Waals surface area contributed by atoms with Gasteiger partial charge in [-0.05, 0) is 5.04 Å². The van der Waals surface area contributed by atoms with E-state index in [0.29, 0.717) is 12.5 Å². The van der Waals surface area contributed by atoms with Crippen LogP contribution in [0.3, 0.4) is 0 Å². The van der Waals surface area contributed by atoms with Gasteiger partial charge in [-0.2, -0.15) is 44.4 Å².